The predicted octanol–water partition coefficient (Wildman–Crippen LogP) is 4.32. The summed E-state index contributed by atoms with van der Waals surface area (Å²) in [5.41, 5.74) is 1.98. The lowest BCUT2D eigenvalue weighted by molar-refractivity contribution is -0.118. The number of thiophene rings is 1. The molecule has 3 amide bonds. The van der Waals surface area contributed by atoms with Crippen molar-refractivity contribution < 1.29 is 28.6 Å². The topological polar surface area (TPSA) is 127 Å². The van der Waals surface area contributed by atoms with Crippen molar-refractivity contribution in [2.75, 3.05) is 31.5 Å². The molecule has 0 fully saturated rings. The Labute approximate surface area is 199 Å². The molecule has 3 N–H and O–H groups in total. The Morgan fingerprint density at radius 2 is 1.59 bits per heavy atom. The monoisotopic (exact) mass is 482 g/mol. The largest absolute Gasteiger partial charge is 0.484 e. The molecule has 0 radical (unpaired) electrons. The van der Waals surface area contributed by atoms with Gasteiger partial charge in [-0.15, -0.1) is 16.3 Å². The normalized spacial score (nSPS) is 10.7. The van der Waals surface area contributed by atoms with Gasteiger partial charge in [-0.1, -0.05) is 48.5 Å². The second kappa shape index (κ2) is 12.0. The Balaban J connectivity index is 1.88. The van der Waals surface area contributed by atoms with E-state index in [1.807, 2.05) is 41.8 Å². The molecule has 11 heteroatoms. The number of para-hydroxylation sites is 1. The third-order valence-corrected chi connectivity index (χ3v) is 5.16. The van der Waals surface area contributed by atoms with Gasteiger partial charge in [0.15, 0.2) is 6.61 Å². The first-order valence-corrected chi connectivity index (χ1v) is 10.8. The van der Waals surface area contributed by atoms with Crippen molar-refractivity contribution in [3.63, 3.8) is 0 Å². The van der Waals surface area contributed by atoms with Crippen LogP contribution < -0.4 is 20.7 Å². The van der Waals surface area contributed by atoms with E-state index in [1.165, 1.54) is 18.4 Å². The summed E-state index contributed by atoms with van der Waals surface area (Å²) in [7, 11) is 2.32. The van der Waals surface area contributed by atoms with Crippen molar-refractivity contribution in [3.8, 4) is 16.9 Å². The van der Waals surface area contributed by atoms with Crippen molar-refractivity contribution in [1.82, 2.24) is 5.32 Å². The summed E-state index contributed by atoms with van der Waals surface area (Å²) in [6, 6.07) is 18.3. The van der Waals surface area contributed by atoms with E-state index < -0.39 is 18.1 Å². The third-order valence-electron chi connectivity index (χ3n) is 4.27. The minimum atomic E-state index is -0.944. The van der Waals surface area contributed by atoms with Crippen molar-refractivity contribution in [2.45, 2.75) is 0 Å². The summed E-state index contributed by atoms with van der Waals surface area (Å²) in [6.07, 6.45) is -1.79. The van der Waals surface area contributed by atoms with Crippen LogP contribution in [0.4, 0.5) is 20.3 Å². The fraction of sp³-hybridized carbons (Fsp3) is 0.130. The number of hydrogen-bond acceptors (Lipinski definition) is 7. The number of carbonyl (C=O) groups excluding carboxylic acids is 3. The molecular weight excluding hydrogens is 460 g/mol. The number of aliphatic imine (C=N–C) groups is 1. The number of carbonyl (C=O) groups is 3. The van der Waals surface area contributed by atoms with Gasteiger partial charge in [-0.3, -0.25) is 10.1 Å². The molecule has 0 unspecified atom stereocenters. The van der Waals surface area contributed by atoms with Gasteiger partial charge < -0.3 is 24.8 Å². The zero-order chi connectivity index (χ0) is 24.3. The van der Waals surface area contributed by atoms with Gasteiger partial charge in [0.25, 0.3) is 5.91 Å². The quantitative estimate of drug-likeness (QED) is 0.353. The summed E-state index contributed by atoms with van der Waals surface area (Å²) < 4.78 is 14.6. The van der Waals surface area contributed by atoms with Crippen LogP contribution in [0.1, 0.15) is 0 Å². The van der Waals surface area contributed by atoms with Crippen LogP contribution >= 0.6 is 11.3 Å². The van der Waals surface area contributed by atoms with E-state index in [0.717, 1.165) is 18.2 Å². The van der Waals surface area contributed by atoms with E-state index in [2.05, 4.69) is 30.4 Å². The number of ether oxygens (including phenoxy) is 3. The van der Waals surface area contributed by atoms with Crippen LogP contribution in [0.25, 0.3) is 11.1 Å². The van der Waals surface area contributed by atoms with E-state index in [4.69, 9.17) is 4.74 Å². The highest BCUT2D eigenvalue weighted by molar-refractivity contribution is 7.15. The molecule has 34 heavy (non-hydrogen) atoms. The number of nitrogens with zero attached hydrogens (tertiary/aromatic N) is 1. The Kier molecular flexibility index (Phi) is 8.58. The molecule has 0 saturated heterocycles. The molecule has 0 bridgehead atoms. The number of nitrogens with one attached hydrogen (secondary N) is 3. The Bertz CT molecular complexity index is 1160. The summed E-state index contributed by atoms with van der Waals surface area (Å²) >= 11 is 1.23. The third kappa shape index (κ3) is 6.81. The highest BCUT2D eigenvalue weighted by Crippen LogP contribution is 2.40. The zero-order valence-electron chi connectivity index (χ0n) is 18.4. The van der Waals surface area contributed by atoms with Gasteiger partial charge in [0.2, 0.25) is 5.96 Å². The van der Waals surface area contributed by atoms with Crippen LogP contribution in [0.15, 0.2) is 71.0 Å². The molecule has 0 aliphatic rings. The lowest BCUT2D eigenvalue weighted by atomic mass is 10.1. The van der Waals surface area contributed by atoms with E-state index in [0.29, 0.717) is 16.4 Å². The molecule has 0 saturated carbocycles. The van der Waals surface area contributed by atoms with Crippen molar-refractivity contribution in [1.29, 1.82) is 0 Å². The van der Waals surface area contributed by atoms with E-state index in [1.54, 1.807) is 24.3 Å². The molecule has 0 aliphatic carbocycles. The minimum Gasteiger partial charge on any atom is -0.484 e. The summed E-state index contributed by atoms with van der Waals surface area (Å²) in [6.45, 7) is -0.225. The molecule has 0 aliphatic heterocycles. The number of rotatable bonds is 6. The molecule has 2 aromatic carbocycles. The SMILES string of the molecule is COC(=O)N=C(NC(=O)OC)Nc1scc(-c2ccccc2)c1NC(=O)COc1ccccc1. The fourth-order valence-corrected chi connectivity index (χ4v) is 3.65. The number of anilines is 2. The highest BCUT2D eigenvalue weighted by Gasteiger charge is 2.19. The number of guanidine groups is 1. The van der Waals surface area contributed by atoms with Gasteiger partial charge in [-0.25, -0.2) is 9.59 Å². The maximum atomic E-state index is 12.7. The van der Waals surface area contributed by atoms with Crippen LogP contribution in [0.5, 0.6) is 5.75 Å². The van der Waals surface area contributed by atoms with Gasteiger partial charge in [-0.2, -0.15) is 0 Å². The summed E-state index contributed by atoms with van der Waals surface area (Å²) in [4.78, 5) is 39.7. The Morgan fingerprint density at radius 3 is 2.24 bits per heavy atom. The van der Waals surface area contributed by atoms with E-state index in [9.17, 15) is 14.4 Å². The molecule has 3 aromatic rings. The van der Waals surface area contributed by atoms with Gasteiger partial charge in [0, 0.05) is 10.9 Å². The number of hydrogen-bond donors (Lipinski definition) is 3. The lowest BCUT2D eigenvalue weighted by Gasteiger charge is -2.13. The number of methoxy groups -OCH3 is 2. The molecule has 3 rings (SSSR count). The fourth-order valence-electron chi connectivity index (χ4n) is 2.72. The van der Waals surface area contributed by atoms with Gasteiger partial charge in [0.1, 0.15) is 10.8 Å². The van der Waals surface area contributed by atoms with Gasteiger partial charge in [-0.05, 0) is 17.7 Å². The molecule has 0 atom stereocenters. The number of alkyl carbamates (subject to hydrolysis) is 1. The highest BCUT2D eigenvalue weighted by atomic mass is 32.1. The molecule has 0 spiro atoms. The summed E-state index contributed by atoms with van der Waals surface area (Å²) in [5.74, 6) is -0.0922. The van der Waals surface area contributed by atoms with Gasteiger partial charge in [0.05, 0.1) is 19.9 Å². The van der Waals surface area contributed by atoms with Crippen LogP contribution in [-0.4, -0.2) is 44.9 Å². The molecule has 1 aromatic heterocycles. The van der Waals surface area contributed by atoms with Crippen molar-refractivity contribution in [3.05, 3.63) is 66.0 Å². The Morgan fingerprint density at radius 1 is 0.912 bits per heavy atom. The first kappa shape index (κ1) is 24.3. The zero-order valence-corrected chi connectivity index (χ0v) is 19.2. The molecule has 10 nitrogen and oxygen atoms in total. The first-order chi connectivity index (χ1) is 16.5. The minimum absolute atomic E-state index is 0.225. The first-order valence-electron chi connectivity index (χ1n) is 9.93. The van der Waals surface area contributed by atoms with Crippen LogP contribution in [-0.2, 0) is 14.3 Å². The molecular formula is C23H22N4O6S. The van der Waals surface area contributed by atoms with Crippen molar-refractivity contribution >= 4 is 46.1 Å². The second-order valence-electron chi connectivity index (χ2n) is 6.54. The van der Waals surface area contributed by atoms with Crippen LogP contribution in [0, 0.1) is 0 Å². The van der Waals surface area contributed by atoms with Crippen molar-refractivity contribution in [2.24, 2.45) is 4.99 Å². The van der Waals surface area contributed by atoms with Crippen LogP contribution in [0.3, 0.4) is 0 Å². The average Bonchev–Trinajstić information content (AvgIpc) is 3.25. The lowest BCUT2D eigenvalue weighted by Crippen LogP contribution is -2.36. The number of amides is 3. The maximum absolute atomic E-state index is 12.7. The maximum Gasteiger partial charge on any atom is 0.436 e. The van der Waals surface area contributed by atoms with E-state index in [-0.39, 0.29) is 12.6 Å². The average molecular weight is 483 g/mol. The van der Waals surface area contributed by atoms with Crippen LogP contribution in [0.2, 0.25) is 0 Å². The Hall–Kier alpha value is -4.38. The smallest absolute Gasteiger partial charge is 0.436 e. The standard InChI is InChI=1S/C23H22N4O6S/c1-31-22(29)26-21(27-23(30)32-2)25-20-19(17(14-34-20)15-9-5-3-6-10-15)24-18(28)13-33-16-11-7-4-8-12-16/h3-12,14H,13H2,1-2H3,(H,24,28)(H2,25,26,27,29,30). The van der Waals surface area contributed by atoms with Gasteiger partial charge >= 0.3 is 12.2 Å². The molecule has 1 heterocycles. The number of benzene rings is 2. The van der Waals surface area contributed by atoms with E-state index >= 15 is 0 Å². The predicted molar refractivity (Wildman–Crippen MR) is 129 cm³/mol. The molecule has 176 valence electrons. The second-order valence-corrected chi connectivity index (χ2v) is 7.42. The summed E-state index contributed by atoms with van der Waals surface area (Å²) in [5, 5.41) is 10.2.